The van der Waals surface area contributed by atoms with Crippen LogP contribution in [-0.4, -0.2) is 22.2 Å². The Kier molecular flexibility index (Phi) is 3.24. The molecular weight excluding hydrogens is 278 g/mol. The topological polar surface area (TPSA) is 82.0 Å². The van der Waals surface area contributed by atoms with Gasteiger partial charge in [-0.15, -0.1) is 11.3 Å². The number of para-hydroxylation sites is 1. The highest BCUT2D eigenvalue weighted by Crippen LogP contribution is 2.41. The molecule has 1 amide bonds. The van der Waals surface area contributed by atoms with E-state index in [-0.39, 0.29) is 5.92 Å². The minimum absolute atomic E-state index is 0.242. The normalized spacial score (nSPS) is 18.4. The number of carbonyl (C=O) groups is 1. The summed E-state index contributed by atoms with van der Waals surface area (Å²) in [7, 11) is 0. The van der Waals surface area contributed by atoms with Gasteiger partial charge in [0.1, 0.15) is 5.54 Å². The number of amides is 1. The number of nitrogens with zero attached hydrogens (tertiary/aromatic N) is 1. The van der Waals surface area contributed by atoms with E-state index in [2.05, 4.69) is 4.98 Å². The summed E-state index contributed by atoms with van der Waals surface area (Å²) in [6.07, 6.45) is 2.00. The van der Waals surface area contributed by atoms with Gasteiger partial charge in [0.15, 0.2) is 4.34 Å². The first kappa shape index (κ1) is 12.9. The van der Waals surface area contributed by atoms with Gasteiger partial charge in [-0.1, -0.05) is 23.9 Å². The summed E-state index contributed by atoms with van der Waals surface area (Å²) in [5, 5.41) is 0. The molecule has 19 heavy (non-hydrogen) atoms. The highest BCUT2D eigenvalue weighted by atomic mass is 32.2. The van der Waals surface area contributed by atoms with Crippen LogP contribution in [0.1, 0.15) is 12.8 Å². The largest absolute Gasteiger partial charge is 0.368 e. The molecule has 0 bridgehead atoms. The van der Waals surface area contributed by atoms with Crippen LogP contribution in [0.4, 0.5) is 0 Å². The van der Waals surface area contributed by atoms with Crippen molar-refractivity contribution >= 4 is 39.2 Å². The Morgan fingerprint density at radius 1 is 1.47 bits per heavy atom. The van der Waals surface area contributed by atoms with Crippen LogP contribution >= 0.6 is 23.1 Å². The van der Waals surface area contributed by atoms with Gasteiger partial charge < -0.3 is 11.5 Å². The van der Waals surface area contributed by atoms with Crippen LogP contribution in [-0.2, 0) is 4.79 Å². The highest BCUT2D eigenvalue weighted by Gasteiger charge is 2.46. The standard InChI is InChI=1S/C13H15N3OS2/c14-11(17)13(15,8-5-6-8)7-18-12-16-9-3-1-2-4-10(9)19-12/h1-4,8H,5-7,15H2,(H2,14,17). The fourth-order valence-corrected chi connectivity index (χ4v) is 4.36. The first-order valence-electron chi connectivity index (χ1n) is 6.17. The van der Waals surface area contributed by atoms with E-state index in [1.807, 2.05) is 24.3 Å². The lowest BCUT2D eigenvalue weighted by Gasteiger charge is -2.24. The molecule has 0 spiro atoms. The molecule has 1 fully saturated rings. The first-order chi connectivity index (χ1) is 9.09. The van der Waals surface area contributed by atoms with Gasteiger partial charge in [-0.3, -0.25) is 4.79 Å². The Morgan fingerprint density at radius 3 is 2.84 bits per heavy atom. The van der Waals surface area contributed by atoms with Crippen molar-refractivity contribution in [1.82, 2.24) is 4.98 Å². The molecule has 100 valence electrons. The second kappa shape index (κ2) is 4.77. The zero-order chi connectivity index (χ0) is 13.5. The van der Waals surface area contributed by atoms with Crippen molar-refractivity contribution in [2.45, 2.75) is 22.7 Å². The average Bonchev–Trinajstić information content (AvgIpc) is 3.16. The van der Waals surface area contributed by atoms with Crippen molar-refractivity contribution in [2.24, 2.45) is 17.4 Å². The number of thioether (sulfide) groups is 1. The fraction of sp³-hybridized carbons (Fsp3) is 0.385. The van der Waals surface area contributed by atoms with E-state index in [1.165, 1.54) is 11.8 Å². The Balaban J connectivity index is 1.76. The van der Waals surface area contributed by atoms with Crippen molar-refractivity contribution in [3.63, 3.8) is 0 Å². The number of hydrogen-bond acceptors (Lipinski definition) is 5. The maximum atomic E-state index is 11.6. The minimum Gasteiger partial charge on any atom is -0.368 e. The van der Waals surface area contributed by atoms with Gasteiger partial charge in [-0.25, -0.2) is 4.98 Å². The van der Waals surface area contributed by atoms with Crippen molar-refractivity contribution < 1.29 is 4.79 Å². The van der Waals surface area contributed by atoms with Crippen molar-refractivity contribution in [3.05, 3.63) is 24.3 Å². The molecule has 1 atom stereocenters. The van der Waals surface area contributed by atoms with Crippen LogP contribution in [0.2, 0.25) is 0 Å². The summed E-state index contributed by atoms with van der Waals surface area (Å²) in [5.41, 5.74) is 11.7. The third kappa shape index (κ3) is 2.48. The van der Waals surface area contributed by atoms with Gasteiger partial charge in [-0.05, 0) is 30.9 Å². The van der Waals surface area contributed by atoms with Crippen LogP contribution in [0.5, 0.6) is 0 Å². The van der Waals surface area contributed by atoms with Gasteiger partial charge in [0.2, 0.25) is 5.91 Å². The van der Waals surface area contributed by atoms with Gasteiger partial charge in [0.05, 0.1) is 10.2 Å². The van der Waals surface area contributed by atoms with Crippen LogP contribution in [0.3, 0.4) is 0 Å². The highest BCUT2D eigenvalue weighted by molar-refractivity contribution is 8.01. The second-order valence-corrected chi connectivity index (χ2v) is 7.17. The molecule has 6 heteroatoms. The molecule has 0 saturated heterocycles. The molecule has 0 radical (unpaired) electrons. The van der Waals surface area contributed by atoms with Gasteiger partial charge in [0, 0.05) is 5.75 Å². The van der Waals surface area contributed by atoms with Gasteiger partial charge >= 0.3 is 0 Å². The van der Waals surface area contributed by atoms with E-state index in [9.17, 15) is 4.79 Å². The van der Waals surface area contributed by atoms with E-state index in [1.54, 1.807) is 11.3 Å². The predicted octanol–water partition coefficient (Wildman–Crippen LogP) is 1.98. The van der Waals surface area contributed by atoms with Crippen LogP contribution in [0.15, 0.2) is 28.6 Å². The summed E-state index contributed by atoms with van der Waals surface area (Å²) in [6, 6.07) is 8.00. The van der Waals surface area contributed by atoms with Gasteiger partial charge in [-0.2, -0.15) is 0 Å². The third-order valence-corrected chi connectivity index (χ3v) is 5.87. The zero-order valence-corrected chi connectivity index (χ0v) is 12.0. The van der Waals surface area contributed by atoms with Crippen LogP contribution in [0, 0.1) is 5.92 Å². The van der Waals surface area contributed by atoms with Crippen LogP contribution in [0.25, 0.3) is 10.2 Å². The number of thiazole rings is 1. The van der Waals surface area contributed by atoms with Crippen LogP contribution < -0.4 is 11.5 Å². The lowest BCUT2D eigenvalue weighted by molar-refractivity contribution is -0.123. The molecule has 0 aliphatic heterocycles. The number of aromatic nitrogens is 1. The summed E-state index contributed by atoms with van der Waals surface area (Å²) >= 11 is 3.16. The number of nitrogens with two attached hydrogens (primary N) is 2. The maximum absolute atomic E-state index is 11.6. The fourth-order valence-electron chi connectivity index (χ4n) is 2.08. The number of carbonyl (C=O) groups excluding carboxylic acids is 1. The molecule has 1 aliphatic rings. The molecule has 2 aromatic rings. The summed E-state index contributed by atoms with van der Waals surface area (Å²) in [4.78, 5) is 16.1. The van der Waals surface area contributed by atoms with E-state index < -0.39 is 11.4 Å². The molecule has 1 saturated carbocycles. The Bertz CT molecular complexity index is 590. The molecule has 4 nitrogen and oxygen atoms in total. The quantitative estimate of drug-likeness (QED) is 0.826. The second-order valence-electron chi connectivity index (χ2n) is 4.92. The number of fused-ring (bicyclic) bond motifs is 1. The lowest BCUT2D eigenvalue weighted by Crippen LogP contribution is -2.56. The molecule has 4 N–H and O–H groups in total. The number of hydrogen-bond donors (Lipinski definition) is 2. The Hall–Kier alpha value is -1.11. The number of benzene rings is 1. The summed E-state index contributed by atoms with van der Waals surface area (Å²) in [6.45, 7) is 0. The predicted molar refractivity (Wildman–Crippen MR) is 79.2 cm³/mol. The van der Waals surface area contributed by atoms with E-state index >= 15 is 0 Å². The van der Waals surface area contributed by atoms with E-state index in [4.69, 9.17) is 11.5 Å². The summed E-state index contributed by atoms with van der Waals surface area (Å²) < 4.78 is 2.09. The Morgan fingerprint density at radius 2 is 2.21 bits per heavy atom. The SMILES string of the molecule is NC(=O)C(N)(CSc1nc2ccccc2s1)C1CC1. The maximum Gasteiger partial charge on any atom is 0.238 e. The Labute approximate surface area is 119 Å². The van der Waals surface area contributed by atoms with E-state index in [0.29, 0.717) is 5.75 Å². The lowest BCUT2D eigenvalue weighted by atomic mass is 9.96. The third-order valence-electron chi connectivity index (χ3n) is 3.47. The minimum atomic E-state index is -0.886. The van der Waals surface area contributed by atoms with E-state index in [0.717, 1.165) is 27.4 Å². The first-order valence-corrected chi connectivity index (χ1v) is 7.97. The molecule has 1 aromatic heterocycles. The smallest absolute Gasteiger partial charge is 0.238 e. The molecule has 1 heterocycles. The number of rotatable bonds is 5. The summed E-state index contributed by atoms with van der Waals surface area (Å²) in [5.74, 6) is 0.350. The van der Waals surface area contributed by atoms with Crippen molar-refractivity contribution in [2.75, 3.05) is 5.75 Å². The monoisotopic (exact) mass is 293 g/mol. The zero-order valence-electron chi connectivity index (χ0n) is 10.3. The number of primary amides is 1. The molecule has 1 aliphatic carbocycles. The molecule has 1 unspecified atom stereocenters. The van der Waals surface area contributed by atoms with Crippen molar-refractivity contribution in [3.8, 4) is 0 Å². The molecule has 1 aromatic carbocycles. The van der Waals surface area contributed by atoms with Crippen molar-refractivity contribution in [1.29, 1.82) is 0 Å². The molecule has 3 rings (SSSR count). The van der Waals surface area contributed by atoms with Gasteiger partial charge in [0.25, 0.3) is 0 Å². The molecular formula is C13H15N3OS2. The average molecular weight is 293 g/mol.